The summed E-state index contributed by atoms with van der Waals surface area (Å²) in [6, 6.07) is 6.72. The van der Waals surface area contributed by atoms with Crippen molar-refractivity contribution >= 4 is 10.9 Å². The van der Waals surface area contributed by atoms with Crippen LogP contribution in [0.25, 0.3) is 10.9 Å². The van der Waals surface area contributed by atoms with Gasteiger partial charge in [0, 0.05) is 35.7 Å². The van der Waals surface area contributed by atoms with Crippen LogP contribution < -0.4 is 5.56 Å². The predicted octanol–water partition coefficient (Wildman–Crippen LogP) is 3.26. The molecule has 0 radical (unpaired) electrons. The number of ether oxygens (including phenoxy) is 1. The Balaban J connectivity index is 1.42. The van der Waals surface area contributed by atoms with Gasteiger partial charge in [-0.25, -0.2) is 4.68 Å². The molecular formula is C24H32N6O2. The average molecular weight is 437 g/mol. The molecule has 1 aromatic carbocycles. The highest BCUT2D eigenvalue weighted by atomic mass is 16.5. The van der Waals surface area contributed by atoms with Gasteiger partial charge in [-0.1, -0.05) is 18.9 Å². The quantitative estimate of drug-likeness (QED) is 0.612. The van der Waals surface area contributed by atoms with E-state index in [0.717, 1.165) is 60.1 Å². The maximum absolute atomic E-state index is 13.0. The minimum absolute atomic E-state index is 0.00977. The molecule has 32 heavy (non-hydrogen) atoms. The van der Waals surface area contributed by atoms with E-state index >= 15 is 0 Å². The molecule has 8 heteroatoms. The second kappa shape index (κ2) is 9.11. The summed E-state index contributed by atoms with van der Waals surface area (Å²) in [6.45, 7) is 6.90. The average Bonchev–Trinajstić information content (AvgIpc) is 3.52. The van der Waals surface area contributed by atoms with Crippen LogP contribution in [0.15, 0.2) is 23.0 Å². The first-order valence-electron chi connectivity index (χ1n) is 11.8. The van der Waals surface area contributed by atoms with E-state index in [0.29, 0.717) is 25.7 Å². The number of aromatic nitrogens is 5. The molecule has 8 nitrogen and oxygen atoms in total. The predicted molar refractivity (Wildman–Crippen MR) is 122 cm³/mol. The van der Waals surface area contributed by atoms with Gasteiger partial charge in [0.05, 0.1) is 19.2 Å². The third-order valence-corrected chi connectivity index (χ3v) is 6.96. The maximum atomic E-state index is 13.0. The molecule has 0 spiro atoms. The van der Waals surface area contributed by atoms with Gasteiger partial charge >= 0.3 is 0 Å². The van der Waals surface area contributed by atoms with Gasteiger partial charge in [0.25, 0.3) is 5.56 Å². The van der Waals surface area contributed by atoms with Crippen molar-refractivity contribution in [2.45, 2.75) is 84.2 Å². The molecule has 0 bridgehead atoms. The second-order valence-corrected chi connectivity index (χ2v) is 9.42. The van der Waals surface area contributed by atoms with Crippen LogP contribution in [-0.4, -0.2) is 48.8 Å². The van der Waals surface area contributed by atoms with Crippen molar-refractivity contribution in [3.63, 3.8) is 0 Å². The summed E-state index contributed by atoms with van der Waals surface area (Å²) in [5, 5.41) is 13.6. The first-order chi connectivity index (χ1) is 15.6. The molecule has 1 N–H and O–H groups in total. The Morgan fingerprint density at radius 2 is 1.97 bits per heavy atom. The van der Waals surface area contributed by atoms with Gasteiger partial charge in [0.1, 0.15) is 0 Å². The number of nitrogens with zero attached hydrogens (tertiary/aromatic N) is 5. The van der Waals surface area contributed by atoms with Gasteiger partial charge in [-0.05, 0) is 73.2 Å². The van der Waals surface area contributed by atoms with Crippen molar-refractivity contribution in [3.8, 4) is 0 Å². The third kappa shape index (κ3) is 4.47. The lowest BCUT2D eigenvalue weighted by atomic mass is 10.0. The number of aromatic amines is 1. The molecule has 1 aliphatic heterocycles. The van der Waals surface area contributed by atoms with Crippen molar-refractivity contribution in [1.29, 1.82) is 0 Å². The van der Waals surface area contributed by atoms with Crippen molar-refractivity contribution < 1.29 is 4.74 Å². The Hall–Kier alpha value is -2.58. The zero-order chi connectivity index (χ0) is 22.1. The highest BCUT2D eigenvalue weighted by Crippen LogP contribution is 2.27. The van der Waals surface area contributed by atoms with Crippen LogP contribution in [0.3, 0.4) is 0 Å². The van der Waals surface area contributed by atoms with E-state index in [4.69, 9.17) is 4.74 Å². The lowest BCUT2D eigenvalue weighted by molar-refractivity contribution is 0.0906. The molecule has 3 heterocycles. The molecule has 1 aliphatic carbocycles. The molecule has 170 valence electrons. The number of pyridine rings is 1. The Bertz CT molecular complexity index is 1140. The van der Waals surface area contributed by atoms with Crippen molar-refractivity contribution in [2.75, 3.05) is 6.61 Å². The second-order valence-electron chi connectivity index (χ2n) is 9.42. The topological polar surface area (TPSA) is 88.9 Å². The molecule has 1 unspecified atom stereocenters. The van der Waals surface area contributed by atoms with Gasteiger partial charge in [0.2, 0.25) is 0 Å². The van der Waals surface area contributed by atoms with Gasteiger partial charge in [0.15, 0.2) is 5.82 Å². The fraction of sp³-hybridized carbons (Fsp3) is 0.583. The Morgan fingerprint density at radius 1 is 1.12 bits per heavy atom. The molecule has 5 rings (SSSR count). The van der Waals surface area contributed by atoms with E-state index in [1.54, 1.807) is 0 Å². The van der Waals surface area contributed by atoms with Crippen molar-refractivity contribution in [2.24, 2.45) is 0 Å². The summed E-state index contributed by atoms with van der Waals surface area (Å²) in [5.74, 6) is 0.844. The van der Waals surface area contributed by atoms with E-state index in [-0.39, 0.29) is 11.7 Å². The van der Waals surface area contributed by atoms with E-state index in [1.807, 2.05) is 10.7 Å². The van der Waals surface area contributed by atoms with Crippen LogP contribution in [0, 0.1) is 13.8 Å². The summed E-state index contributed by atoms with van der Waals surface area (Å²) in [6.07, 6.45) is 7.10. The lowest BCUT2D eigenvalue weighted by Gasteiger charge is -2.28. The molecule has 1 saturated carbocycles. The standard InChI is InChI=1S/C24H32N6O2/c1-16-10-17(2)21-12-18(24(31)25-22(21)11-16)13-29(19-6-3-4-7-19)15-23-26-27-28-30(23)14-20-8-5-9-32-20/h10-12,19-20H,3-9,13-15H2,1-2H3,(H,25,31). The van der Waals surface area contributed by atoms with Gasteiger partial charge in [-0.2, -0.15) is 0 Å². The Kier molecular flexibility index (Phi) is 6.06. The van der Waals surface area contributed by atoms with Crippen LogP contribution >= 0.6 is 0 Å². The Morgan fingerprint density at radius 3 is 2.75 bits per heavy atom. The van der Waals surface area contributed by atoms with Crippen molar-refractivity contribution in [1.82, 2.24) is 30.1 Å². The fourth-order valence-corrected chi connectivity index (χ4v) is 5.28. The number of tetrazole rings is 1. The molecule has 2 fully saturated rings. The number of hydrogen-bond donors (Lipinski definition) is 1. The van der Waals surface area contributed by atoms with Crippen LogP contribution in [0.5, 0.6) is 0 Å². The maximum Gasteiger partial charge on any atom is 0.252 e. The number of fused-ring (bicyclic) bond motifs is 1. The van der Waals surface area contributed by atoms with E-state index in [1.165, 1.54) is 18.4 Å². The van der Waals surface area contributed by atoms with Gasteiger partial charge < -0.3 is 9.72 Å². The minimum atomic E-state index is -0.00977. The van der Waals surface area contributed by atoms with E-state index in [9.17, 15) is 4.79 Å². The van der Waals surface area contributed by atoms with Crippen molar-refractivity contribution in [3.05, 3.63) is 51.1 Å². The lowest BCUT2D eigenvalue weighted by Crippen LogP contribution is -2.35. The summed E-state index contributed by atoms with van der Waals surface area (Å²) in [5.41, 5.74) is 4.04. The minimum Gasteiger partial charge on any atom is -0.376 e. The van der Waals surface area contributed by atoms with Crippen LogP contribution in [0.2, 0.25) is 0 Å². The zero-order valence-corrected chi connectivity index (χ0v) is 19.0. The number of benzene rings is 1. The molecule has 3 aromatic rings. The van der Waals surface area contributed by atoms with E-state index < -0.39 is 0 Å². The molecule has 1 atom stereocenters. The van der Waals surface area contributed by atoms with Crippen LogP contribution in [0.1, 0.15) is 61.0 Å². The molecule has 2 aliphatic rings. The van der Waals surface area contributed by atoms with Gasteiger partial charge in [-0.15, -0.1) is 5.10 Å². The first-order valence-corrected chi connectivity index (χ1v) is 11.8. The summed E-state index contributed by atoms with van der Waals surface area (Å²) < 4.78 is 7.67. The number of H-pyrrole nitrogens is 1. The highest BCUT2D eigenvalue weighted by Gasteiger charge is 2.26. The molecule has 0 amide bonds. The normalized spacial score (nSPS) is 19.5. The summed E-state index contributed by atoms with van der Waals surface area (Å²) in [4.78, 5) is 18.5. The largest absolute Gasteiger partial charge is 0.376 e. The highest BCUT2D eigenvalue weighted by molar-refractivity contribution is 5.83. The monoisotopic (exact) mass is 436 g/mol. The SMILES string of the molecule is Cc1cc(C)c2cc(CN(Cc3nnnn3CC3CCCO3)C3CCCC3)c(=O)[nH]c2c1. The Labute approximate surface area is 188 Å². The van der Waals surface area contributed by atoms with Crippen LogP contribution in [-0.2, 0) is 24.4 Å². The summed E-state index contributed by atoms with van der Waals surface area (Å²) in [7, 11) is 0. The number of hydrogen-bond acceptors (Lipinski definition) is 6. The zero-order valence-electron chi connectivity index (χ0n) is 19.0. The first kappa shape index (κ1) is 21.3. The van der Waals surface area contributed by atoms with Gasteiger partial charge in [-0.3, -0.25) is 9.69 Å². The summed E-state index contributed by atoms with van der Waals surface area (Å²) >= 11 is 0. The number of aryl methyl sites for hydroxylation is 2. The number of nitrogens with one attached hydrogen (secondary N) is 1. The smallest absolute Gasteiger partial charge is 0.252 e. The fourth-order valence-electron chi connectivity index (χ4n) is 5.28. The number of rotatable bonds is 7. The molecular weight excluding hydrogens is 404 g/mol. The van der Waals surface area contributed by atoms with Crippen LogP contribution in [0.4, 0.5) is 0 Å². The molecule has 1 saturated heterocycles. The van der Waals surface area contributed by atoms with E-state index in [2.05, 4.69) is 51.4 Å². The third-order valence-electron chi connectivity index (χ3n) is 6.96. The molecule has 2 aromatic heterocycles.